The maximum atomic E-state index is 6.10. The summed E-state index contributed by atoms with van der Waals surface area (Å²) in [6.45, 7) is 3.40. The minimum absolute atomic E-state index is 0.363. The van der Waals surface area contributed by atoms with Gasteiger partial charge in [0.05, 0.1) is 12.8 Å². The summed E-state index contributed by atoms with van der Waals surface area (Å²) in [6, 6.07) is 14.2. The highest BCUT2D eigenvalue weighted by Gasteiger charge is 2.14. The van der Waals surface area contributed by atoms with Crippen molar-refractivity contribution in [2.45, 2.75) is 32.8 Å². The van der Waals surface area contributed by atoms with Gasteiger partial charge < -0.3 is 14.8 Å². The highest BCUT2D eigenvalue weighted by molar-refractivity contribution is 5.71. The van der Waals surface area contributed by atoms with Gasteiger partial charge in [0.25, 0.3) is 0 Å². The summed E-state index contributed by atoms with van der Waals surface area (Å²) in [6.07, 6.45) is 5.22. The van der Waals surface area contributed by atoms with Crippen molar-refractivity contribution in [2.24, 2.45) is 0 Å². The van der Waals surface area contributed by atoms with E-state index >= 15 is 0 Å². The summed E-state index contributed by atoms with van der Waals surface area (Å²) in [7, 11) is 1.65. The van der Waals surface area contributed by atoms with Crippen molar-refractivity contribution in [3.8, 4) is 22.8 Å². The lowest BCUT2D eigenvalue weighted by Crippen LogP contribution is -2.02. The number of aryl methyl sites for hydroxylation is 2. The number of fused-ring (bicyclic) bond motifs is 1. The number of hydrogen-bond acceptors (Lipinski definition) is 5. The van der Waals surface area contributed by atoms with Crippen molar-refractivity contribution >= 4 is 5.69 Å². The summed E-state index contributed by atoms with van der Waals surface area (Å²) in [5.74, 6) is 1.53. The topological polar surface area (TPSA) is 56.3 Å². The van der Waals surface area contributed by atoms with Crippen LogP contribution < -0.4 is 14.8 Å². The van der Waals surface area contributed by atoms with Crippen molar-refractivity contribution in [2.75, 3.05) is 19.0 Å². The maximum absolute atomic E-state index is 6.10. The molecule has 2 aromatic heterocycles. The highest BCUT2D eigenvalue weighted by atomic mass is 16.5. The Kier molecular flexibility index (Phi) is 5.42. The second-order valence-electron chi connectivity index (χ2n) is 7.03. The third-order valence-electron chi connectivity index (χ3n) is 4.96. The molecular formula is C23H25N3O2. The second-order valence-corrected chi connectivity index (χ2v) is 7.03. The largest absolute Gasteiger partial charge is 0.497 e. The summed E-state index contributed by atoms with van der Waals surface area (Å²) in [5, 5.41) is 3.52. The minimum atomic E-state index is 0.363. The van der Waals surface area contributed by atoms with E-state index in [0.29, 0.717) is 6.61 Å². The van der Waals surface area contributed by atoms with Crippen LogP contribution >= 0.6 is 0 Å². The van der Waals surface area contributed by atoms with Gasteiger partial charge in [-0.1, -0.05) is 6.07 Å². The molecule has 28 heavy (non-hydrogen) atoms. The van der Waals surface area contributed by atoms with Crippen LogP contribution in [-0.4, -0.2) is 23.6 Å². The average molecular weight is 375 g/mol. The van der Waals surface area contributed by atoms with Crippen LogP contribution in [0.3, 0.4) is 0 Å². The van der Waals surface area contributed by atoms with Crippen LogP contribution in [0.4, 0.5) is 5.69 Å². The molecule has 0 saturated carbocycles. The van der Waals surface area contributed by atoms with Crippen LogP contribution in [0.15, 0.2) is 48.7 Å². The van der Waals surface area contributed by atoms with Gasteiger partial charge in [0.2, 0.25) is 0 Å². The molecule has 0 spiro atoms. The molecule has 0 fully saturated rings. The first-order chi connectivity index (χ1) is 13.7. The van der Waals surface area contributed by atoms with Crippen LogP contribution in [0.2, 0.25) is 0 Å². The van der Waals surface area contributed by atoms with Crippen LogP contribution in [0, 0.1) is 6.92 Å². The Balaban J connectivity index is 1.62. The number of nitrogens with one attached hydrogen (secondary N) is 1. The lowest BCUT2D eigenvalue weighted by atomic mass is 10.0. The van der Waals surface area contributed by atoms with Crippen LogP contribution in [0.1, 0.15) is 29.8 Å². The average Bonchev–Trinajstić information content (AvgIpc) is 2.98. The zero-order valence-electron chi connectivity index (χ0n) is 16.4. The van der Waals surface area contributed by atoms with Gasteiger partial charge >= 0.3 is 0 Å². The summed E-state index contributed by atoms with van der Waals surface area (Å²) in [4.78, 5) is 9.13. The van der Waals surface area contributed by atoms with E-state index in [1.54, 1.807) is 13.3 Å². The smallest absolute Gasteiger partial charge is 0.146 e. The van der Waals surface area contributed by atoms with E-state index in [9.17, 15) is 0 Å². The first kappa shape index (κ1) is 18.3. The molecule has 3 heterocycles. The molecule has 0 atom stereocenters. The van der Waals surface area contributed by atoms with Gasteiger partial charge in [-0.3, -0.25) is 4.98 Å². The normalized spacial score (nSPS) is 13.2. The van der Waals surface area contributed by atoms with E-state index in [0.717, 1.165) is 47.1 Å². The number of hydrogen-bond donors (Lipinski definition) is 1. The molecule has 0 unspecified atom stereocenters. The molecule has 0 bridgehead atoms. The molecule has 1 aliphatic heterocycles. The molecule has 1 aliphatic rings. The Hall–Kier alpha value is -3.08. The lowest BCUT2D eigenvalue weighted by Gasteiger charge is -2.14. The Morgan fingerprint density at radius 1 is 1.07 bits per heavy atom. The van der Waals surface area contributed by atoms with Crippen LogP contribution in [-0.2, 0) is 13.0 Å². The monoisotopic (exact) mass is 375 g/mol. The molecular weight excluding hydrogens is 350 g/mol. The third-order valence-corrected chi connectivity index (χ3v) is 4.96. The van der Waals surface area contributed by atoms with Gasteiger partial charge in [0, 0.05) is 35.8 Å². The third kappa shape index (κ3) is 4.09. The predicted molar refractivity (Wildman–Crippen MR) is 111 cm³/mol. The van der Waals surface area contributed by atoms with Crippen molar-refractivity contribution in [1.82, 2.24) is 9.97 Å². The summed E-state index contributed by atoms with van der Waals surface area (Å²) >= 11 is 0. The van der Waals surface area contributed by atoms with Crippen molar-refractivity contribution in [3.63, 3.8) is 0 Å². The van der Waals surface area contributed by atoms with Crippen LogP contribution in [0.25, 0.3) is 11.3 Å². The van der Waals surface area contributed by atoms with Gasteiger partial charge in [-0.2, -0.15) is 0 Å². The van der Waals surface area contributed by atoms with E-state index in [1.807, 2.05) is 31.2 Å². The molecule has 1 N–H and O–H groups in total. The van der Waals surface area contributed by atoms with Crippen LogP contribution in [0.5, 0.6) is 11.5 Å². The minimum Gasteiger partial charge on any atom is -0.497 e. The number of ether oxygens (including phenoxy) is 2. The Morgan fingerprint density at radius 2 is 2.00 bits per heavy atom. The number of pyridine rings is 2. The number of methoxy groups -OCH3 is 1. The van der Waals surface area contributed by atoms with Crippen molar-refractivity contribution in [3.05, 3.63) is 65.6 Å². The van der Waals surface area contributed by atoms with Gasteiger partial charge in [0.1, 0.15) is 23.8 Å². The molecule has 0 radical (unpaired) electrons. The number of rotatable bonds is 5. The zero-order valence-corrected chi connectivity index (χ0v) is 16.4. The number of nitrogens with zero attached hydrogens (tertiary/aromatic N) is 2. The molecule has 0 amide bonds. The highest BCUT2D eigenvalue weighted by Crippen LogP contribution is 2.33. The van der Waals surface area contributed by atoms with E-state index in [4.69, 9.17) is 14.5 Å². The Bertz CT molecular complexity index is 972. The molecule has 1 aromatic carbocycles. The van der Waals surface area contributed by atoms with Crippen molar-refractivity contribution in [1.29, 1.82) is 0 Å². The summed E-state index contributed by atoms with van der Waals surface area (Å²) < 4.78 is 11.4. The van der Waals surface area contributed by atoms with E-state index in [1.165, 1.54) is 24.1 Å². The fraction of sp³-hybridized carbons (Fsp3) is 0.304. The first-order valence-electron chi connectivity index (χ1n) is 9.69. The zero-order chi connectivity index (χ0) is 19.3. The fourth-order valence-electron chi connectivity index (χ4n) is 3.46. The first-order valence-corrected chi connectivity index (χ1v) is 9.69. The standard InChI is InChI=1S/C23H25N3O2/c1-16-6-9-22(28-15-19-14-20(27-2)10-12-24-19)23(26-16)18-7-8-21-17(13-18)5-3-4-11-25-21/h6-10,12-14,25H,3-5,11,15H2,1-2H3. The molecule has 4 rings (SSSR count). The SMILES string of the molecule is COc1ccnc(COc2ccc(C)nc2-c2ccc3c(c2)CCCCN3)c1. The molecule has 0 saturated heterocycles. The quantitative estimate of drug-likeness (QED) is 0.695. The molecule has 5 nitrogen and oxygen atoms in total. The number of anilines is 1. The lowest BCUT2D eigenvalue weighted by molar-refractivity contribution is 0.300. The second kappa shape index (κ2) is 8.30. The fourth-order valence-corrected chi connectivity index (χ4v) is 3.46. The predicted octanol–water partition coefficient (Wildman–Crippen LogP) is 4.79. The van der Waals surface area contributed by atoms with E-state index < -0.39 is 0 Å². The number of benzene rings is 1. The van der Waals surface area contributed by atoms with Gasteiger partial charge in [0.15, 0.2) is 0 Å². The van der Waals surface area contributed by atoms with Crippen molar-refractivity contribution < 1.29 is 9.47 Å². The number of aromatic nitrogens is 2. The molecule has 144 valence electrons. The molecule has 0 aliphatic carbocycles. The molecule has 3 aromatic rings. The van der Waals surface area contributed by atoms with E-state index in [-0.39, 0.29) is 0 Å². The molecule has 5 heteroatoms. The summed E-state index contributed by atoms with van der Waals surface area (Å²) in [5.41, 5.74) is 6.32. The Morgan fingerprint density at radius 3 is 2.89 bits per heavy atom. The Labute approximate surface area is 165 Å². The van der Waals surface area contributed by atoms with E-state index in [2.05, 4.69) is 28.5 Å². The maximum Gasteiger partial charge on any atom is 0.146 e. The van der Waals surface area contributed by atoms with Gasteiger partial charge in [-0.05, 0) is 62.1 Å². The van der Waals surface area contributed by atoms with Gasteiger partial charge in [-0.25, -0.2) is 4.98 Å². The van der Waals surface area contributed by atoms with Gasteiger partial charge in [-0.15, -0.1) is 0 Å².